The second-order valence-electron chi connectivity index (χ2n) is 5.77. The largest absolute Gasteiger partial charge is 0.374 e. The van der Waals surface area contributed by atoms with E-state index in [9.17, 15) is 4.79 Å². The van der Waals surface area contributed by atoms with E-state index in [1.807, 2.05) is 29.2 Å². The van der Waals surface area contributed by atoms with Crippen LogP contribution in [-0.4, -0.2) is 41.1 Å². The highest BCUT2D eigenvalue weighted by atomic mass is 35.5. The maximum Gasteiger partial charge on any atom is 0.272 e. The van der Waals surface area contributed by atoms with Crippen LogP contribution in [0.2, 0.25) is 5.02 Å². The normalized spacial score (nSPS) is 25.3. The number of hydrogen-bond donors (Lipinski definition) is 1. The summed E-state index contributed by atoms with van der Waals surface area (Å²) >= 11 is 6.40. The standard InChI is InChI=1S/C16H17ClN2O2/c17-14-10-4-1-2-5-11(10)18-15(14)16(20)19-8-9-21-13-7-3-6-12(13)19/h1-2,4-5,12-13,18H,3,6-9H2/t12-,13-/m0/s1. The van der Waals surface area contributed by atoms with Crippen LogP contribution in [0.5, 0.6) is 0 Å². The van der Waals surface area contributed by atoms with Crippen molar-refractivity contribution in [2.45, 2.75) is 31.4 Å². The predicted molar refractivity (Wildman–Crippen MR) is 81.7 cm³/mol. The molecule has 1 amide bonds. The number of aromatic amines is 1. The van der Waals surface area contributed by atoms with Crippen molar-refractivity contribution >= 4 is 28.4 Å². The molecule has 110 valence electrons. The van der Waals surface area contributed by atoms with E-state index in [0.717, 1.165) is 30.2 Å². The van der Waals surface area contributed by atoms with Crippen molar-refractivity contribution in [2.75, 3.05) is 13.2 Å². The summed E-state index contributed by atoms with van der Waals surface area (Å²) in [6, 6.07) is 7.94. The molecule has 0 spiro atoms. The number of carbonyl (C=O) groups excluding carboxylic acids is 1. The molecule has 1 aromatic heterocycles. The lowest BCUT2D eigenvalue weighted by atomic mass is 10.1. The molecular formula is C16H17ClN2O2. The van der Waals surface area contributed by atoms with Gasteiger partial charge in [0.15, 0.2) is 0 Å². The van der Waals surface area contributed by atoms with E-state index in [4.69, 9.17) is 16.3 Å². The molecule has 1 aliphatic heterocycles. The van der Waals surface area contributed by atoms with Crippen LogP contribution in [0.15, 0.2) is 24.3 Å². The summed E-state index contributed by atoms with van der Waals surface area (Å²) in [6.07, 6.45) is 3.40. The van der Waals surface area contributed by atoms with Crippen molar-refractivity contribution in [1.82, 2.24) is 9.88 Å². The zero-order valence-electron chi connectivity index (χ0n) is 11.6. The summed E-state index contributed by atoms with van der Waals surface area (Å²) in [6.45, 7) is 1.26. The van der Waals surface area contributed by atoms with Gasteiger partial charge in [0.1, 0.15) is 5.69 Å². The van der Waals surface area contributed by atoms with Crippen LogP contribution >= 0.6 is 11.6 Å². The highest BCUT2D eigenvalue weighted by Gasteiger charge is 2.39. The first-order chi connectivity index (χ1) is 10.3. The summed E-state index contributed by atoms with van der Waals surface area (Å²) in [5.74, 6) is -0.00333. The van der Waals surface area contributed by atoms with E-state index in [0.29, 0.717) is 23.9 Å². The Bertz CT molecular complexity index is 697. The smallest absolute Gasteiger partial charge is 0.272 e. The van der Waals surface area contributed by atoms with E-state index < -0.39 is 0 Å². The number of nitrogens with zero attached hydrogens (tertiary/aromatic N) is 1. The second kappa shape index (κ2) is 5.04. The van der Waals surface area contributed by atoms with Crippen molar-refractivity contribution in [1.29, 1.82) is 0 Å². The minimum absolute atomic E-state index is 0.00333. The highest BCUT2D eigenvalue weighted by molar-refractivity contribution is 6.38. The molecule has 2 heterocycles. The van der Waals surface area contributed by atoms with E-state index in [-0.39, 0.29) is 18.1 Å². The molecule has 2 fully saturated rings. The predicted octanol–water partition coefficient (Wildman–Crippen LogP) is 3.21. The molecule has 1 aliphatic carbocycles. The molecule has 1 saturated carbocycles. The number of rotatable bonds is 1. The van der Waals surface area contributed by atoms with Crippen LogP contribution in [0, 0.1) is 0 Å². The van der Waals surface area contributed by atoms with Crippen LogP contribution in [0.4, 0.5) is 0 Å². The third kappa shape index (κ3) is 2.05. The van der Waals surface area contributed by atoms with E-state index in [2.05, 4.69) is 4.98 Å². The highest BCUT2D eigenvalue weighted by Crippen LogP contribution is 2.33. The number of nitrogens with one attached hydrogen (secondary N) is 1. The first-order valence-corrected chi connectivity index (χ1v) is 7.82. The summed E-state index contributed by atoms with van der Waals surface area (Å²) in [5.41, 5.74) is 1.41. The maximum atomic E-state index is 12.9. The van der Waals surface area contributed by atoms with Gasteiger partial charge in [0.05, 0.1) is 23.8 Å². The van der Waals surface area contributed by atoms with Gasteiger partial charge >= 0.3 is 0 Å². The van der Waals surface area contributed by atoms with Gasteiger partial charge < -0.3 is 14.6 Å². The van der Waals surface area contributed by atoms with Gasteiger partial charge in [0.2, 0.25) is 0 Å². The van der Waals surface area contributed by atoms with Crippen molar-refractivity contribution in [3.8, 4) is 0 Å². The van der Waals surface area contributed by atoms with E-state index in [1.165, 1.54) is 0 Å². The van der Waals surface area contributed by atoms with Gasteiger partial charge in [-0.25, -0.2) is 0 Å². The SMILES string of the molecule is O=C(c1[nH]c2ccccc2c1Cl)N1CCO[C@H]2CCC[C@@H]21. The molecule has 21 heavy (non-hydrogen) atoms. The van der Waals surface area contributed by atoms with Crippen LogP contribution in [-0.2, 0) is 4.74 Å². The molecule has 2 aromatic rings. The van der Waals surface area contributed by atoms with Crippen molar-refractivity contribution in [3.05, 3.63) is 35.0 Å². The summed E-state index contributed by atoms with van der Waals surface area (Å²) < 4.78 is 5.77. The lowest BCUT2D eigenvalue weighted by Crippen LogP contribution is -2.51. The molecule has 0 bridgehead atoms. The molecular weight excluding hydrogens is 288 g/mol. The fraction of sp³-hybridized carbons (Fsp3) is 0.438. The Labute approximate surface area is 128 Å². The summed E-state index contributed by atoms with van der Waals surface area (Å²) in [4.78, 5) is 18.0. The Morgan fingerprint density at radius 2 is 2.19 bits per heavy atom. The number of amides is 1. The monoisotopic (exact) mass is 304 g/mol. The number of H-pyrrole nitrogens is 1. The van der Waals surface area contributed by atoms with E-state index in [1.54, 1.807) is 0 Å². The topological polar surface area (TPSA) is 45.3 Å². The zero-order chi connectivity index (χ0) is 14.4. The quantitative estimate of drug-likeness (QED) is 0.879. The van der Waals surface area contributed by atoms with Crippen LogP contribution in [0.3, 0.4) is 0 Å². The van der Waals surface area contributed by atoms with Crippen LogP contribution < -0.4 is 0 Å². The van der Waals surface area contributed by atoms with Gasteiger partial charge in [-0.2, -0.15) is 0 Å². The number of benzene rings is 1. The Morgan fingerprint density at radius 3 is 3.05 bits per heavy atom. The molecule has 0 radical (unpaired) electrons. The first kappa shape index (κ1) is 13.2. The molecule has 1 aromatic carbocycles. The molecule has 2 aliphatic rings. The molecule has 5 heteroatoms. The Balaban J connectivity index is 1.71. The Kier molecular flexibility index (Phi) is 3.16. The summed E-state index contributed by atoms with van der Waals surface area (Å²) in [5, 5.41) is 1.43. The first-order valence-electron chi connectivity index (χ1n) is 7.44. The molecule has 4 rings (SSSR count). The Morgan fingerprint density at radius 1 is 1.33 bits per heavy atom. The van der Waals surface area contributed by atoms with Gasteiger partial charge in [-0.15, -0.1) is 0 Å². The van der Waals surface area contributed by atoms with Gasteiger partial charge in [0, 0.05) is 17.4 Å². The molecule has 1 saturated heterocycles. The number of fused-ring (bicyclic) bond motifs is 2. The number of morpholine rings is 1. The number of halogens is 1. The van der Waals surface area contributed by atoms with Crippen LogP contribution in [0.25, 0.3) is 10.9 Å². The third-order valence-electron chi connectivity index (χ3n) is 4.60. The average molecular weight is 305 g/mol. The molecule has 0 unspecified atom stereocenters. The van der Waals surface area contributed by atoms with Gasteiger partial charge in [0.25, 0.3) is 5.91 Å². The van der Waals surface area contributed by atoms with Gasteiger partial charge in [-0.1, -0.05) is 29.8 Å². The lowest BCUT2D eigenvalue weighted by Gasteiger charge is -2.37. The zero-order valence-corrected chi connectivity index (χ0v) is 12.4. The van der Waals surface area contributed by atoms with E-state index >= 15 is 0 Å². The van der Waals surface area contributed by atoms with Crippen molar-refractivity contribution < 1.29 is 9.53 Å². The number of aromatic nitrogens is 1. The second-order valence-corrected chi connectivity index (χ2v) is 6.14. The third-order valence-corrected chi connectivity index (χ3v) is 4.99. The van der Waals surface area contributed by atoms with Crippen molar-refractivity contribution in [3.63, 3.8) is 0 Å². The average Bonchev–Trinajstić information content (AvgIpc) is 3.11. The molecule has 1 N–H and O–H groups in total. The van der Waals surface area contributed by atoms with Crippen molar-refractivity contribution in [2.24, 2.45) is 0 Å². The lowest BCUT2D eigenvalue weighted by molar-refractivity contribution is -0.0446. The molecule has 2 atom stereocenters. The number of carbonyl (C=O) groups is 1. The number of para-hydroxylation sites is 1. The number of hydrogen-bond acceptors (Lipinski definition) is 2. The molecule has 4 nitrogen and oxygen atoms in total. The van der Waals surface area contributed by atoms with Gasteiger partial charge in [-0.3, -0.25) is 4.79 Å². The summed E-state index contributed by atoms with van der Waals surface area (Å²) in [7, 11) is 0. The van der Waals surface area contributed by atoms with Gasteiger partial charge in [-0.05, 0) is 25.3 Å². The maximum absolute atomic E-state index is 12.9. The minimum Gasteiger partial charge on any atom is -0.374 e. The Hall–Kier alpha value is -1.52. The fourth-order valence-electron chi connectivity index (χ4n) is 3.58. The van der Waals surface area contributed by atoms with Crippen LogP contribution in [0.1, 0.15) is 29.8 Å². The number of ether oxygens (including phenoxy) is 1. The minimum atomic E-state index is -0.00333. The fourth-order valence-corrected chi connectivity index (χ4v) is 3.87.